The monoisotopic (exact) mass is 578 g/mol. The highest BCUT2D eigenvalue weighted by molar-refractivity contribution is 7.93. The SMILES string of the molecule is COC(=O)C1(NC(=O)c2cnn3c(-c4ccc(C(F)(F)F)cc4)c(-c4ccccc4Cl)cnc23)CS(=O)(=O)C1. The van der Waals surface area contributed by atoms with Crippen LogP contribution < -0.4 is 5.32 Å². The van der Waals surface area contributed by atoms with E-state index >= 15 is 0 Å². The minimum Gasteiger partial charge on any atom is -0.467 e. The van der Waals surface area contributed by atoms with Gasteiger partial charge in [-0.2, -0.15) is 18.3 Å². The number of amides is 1. The quantitative estimate of drug-likeness (QED) is 0.358. The van der Waals surface area contributed by atoms with Crippen molar-refractivity contribution >= 4 is 39.0 Å². The number of halogens is 4. The minimum atomic E-state index is -4.54. The molecule has 0 saturated carbocycles. The van der Waals surface area contributed by atoms with Crippen LogP contribution in [-0.2, 0) is 25.5 Å². The van der Waals surface area contributed by atoms with Gasteiger partial charge in [-0.15, -0.1) is 0 Å². The molecule has 3 heterocycles. The third-order valence-corrected chi connectivity index (χ3v) is 8.48. The van der Waals surface area contributed by atoms with Crippen LogP contribution in [0.4, 0.5) is 13.2 Å². The Morgan fingerprint density at radius 2 is 1.72 bits per heavy atom. The summed E-state index contributed by atoms with van der Waals surface area (Å²) in [4.78, 5) is 29.9. The van der Waals surface area contributed by atoms with Gasteiger partial charge in [0.2, 0.25) is 0 Å². The van der Waals surface area contributed by atoms with Crippen LogP contribution in [0.2, 0.25) is 5.02 Å². The standard InChI is InChI=1S/C25H18ClF3N4O5S/c1-38-23(35)24(12-39(36,37)13-24)32-22(34)18-11-31-33-20(14-6-8-15(9-7-14)25(27,28)29)17(10-30-21(18)33)16-4-2-3-5-19(16)26/h2-11H,12-13H2,1H3,(H,32,34). The number of carbonyl (C=O) groups excluding carboxylic acids is 2. The van der Waals surface area contributed by atoms with Crippen LogP contribution in [0.5, 0.6) is 0 Å². The van der Waals surface area contributed by atoms with E-state index < -0.39 is 50.5 Å². The lowest BCUT2D eigenvalue weighted by molar-refractivity contribution is -0.147. The van der Waals surface area contributed by atoms with Gasteiger partial charge in [-0.1, -0.05) is 41.9 Å². The number of carbonyl (C=O) groups is 2. The predicted octanol–water partition coefficient (Wildman–Crippen LogP) is 3.81. The molecule has 0 aliphatic carbocycles. The molecular formula is C25H18ClF3N4O5S. The van der Waals surface area contributed by atoms with Crippen molar-refractivity contribution in [3.05, 3.63) is 77.1 Å². The highest BCUT2D eigenvalue weighted by Crippen LogP contribution is 2.38. The zero-order chi connectivity index (χ0) is 28.2. The number of ether oxygens (including phenoxy) is 1. The average molecular weight is 579 g/mol. The van der Waals surface area contributed by atoms with E-state index in [4.69, 9.17) is 16.3 Å². The first-order chi connectivity index (χ1) is 18.3. The average Bonchev–Trinajstić information content (AvgIpc) is 3.30. The molecule has 39 heavy (non-hydrogen) atoms. The topological polar surface area (TPSA) is 120 Å². The Hall–Kier alpha value is -3.97. The zero-order valence-electron chi connectivity index (χ0n) is 20.0. The van der Waals surface area contributed by atoms with E-state index in [0.29, 0.717) is 27.4 Å². The summed E-state index contributed by atoms with van der Waals surface area (Å²) in [6, 6.07) is 11.2. The molecule has 0 atom stereocenters. The number of benzene rings is 2. The van der Waals surface area contributed by atoms with Crippen LogP contribution in [-0.4, -0.2) is 59.0 Å². The molecule has 0 spiro atoms. The number of rotatable bonds is 5. The molecule has 202 valence electrons. The van der Waals surface area contributed by atoms with Crippen LogP contribution in [0, 0.1) is 0 Å². The van der Waals surface area contributed by atoms with Gasteiger partial charge < -0.3 is 10.1 Å². The summed E-state index contributed by atoms with van der Waals surface area (Å²) in [5.74, 6) is -3.00. The van der Waals surface area contributed by atoms with Crippen molar-refractivity contribution in [1.82, 2.24) is 19.9 Å². The van der Waals surface area contributed by atoms with Gasteiger partial charge in [-0.25, -0.2) is 22.7 Å². The molecule has 5 rings (SSSR count). The largest absolute Gasteiger partial charge is 0.467 e. The maximum absolute atomic E-state index is 13.2. The lowest BCUT2D eigenvalue weighted by Gasteiger charge is -2.38. The third kappa shape index (κ3) is 4.72. The summed E-state index contributed by atoms with van der Waals surface area (Å²) in [6.45, 7) is 0. The second-order valence-electron chi connectivity index (χ2n) is 8.93. The normalized spacial score (nSPS) is 15.9. The van der Waals surface area contributed by atoms with Gasteiger partial charge in [-0.3, -0.25) is 4.79 Å². The molecule has 1 N–H and O–H groups in total. The molecule has 2 aromatic carbocycles. The lowest BCUT2D eigenvalue weighted by atomic mass is 9.99. The Balaban J connectivity index is 1.64. The molecule has 14 heteroatoms. The molecule has 0 radical (unpaired) electrons. The molecule has 1 fully saturated rings. The fourth-order valence-corrected chi connectivity index (χ4v) is 6.53. The number of esters is 1. The molecule has 0 unspecified atom stereocenters. The molecule has 0 bridgehead atoms. The Bertz CT molecular complexity index is 1720. The van der Waals surface area contributed by atoms with Gasteiger partial charge in [0.25, 0.3) is 5.91 Å². The second-order valence-corrected chi connectivity index (χ2v) is 11.4. The van der Waals surface area contributed by atoms with Gasteiger partial charge in [0.15, 0.2) is 21.0 Å². The first-order valence-electron chi connectivity index (χ1n) is 11.3. The van der Waals surface area contributed by atoms with Crippen molar-refractivity contribution in [2.24, 2.45) is 0 Å². The number of hydrogen-bond acceptors (Lipinski definition) is 7. The lowest BCUT2D eigenvalue weighted by Crippen LogP contribution is -2.70. The fourth-order valence-electron chi connectivity index (χ4n) is 4.49. The Morgan fingerprint density at radius 3 is 2.31 bits per heavy atom. The fraction of sp³-hybridized carbons (Fsp3) is 0.200. The van der Waals surface area contributed by atoms with E-state index in [9.17, 15) is 31.2 Å². The van der Waals surface area contributed by atoms with Crippen molar-refractivity contribution in [2.75, 3.05) is 18.6 Å². The summed E-state index contributed by atoms with van der Waals surface area (Å²) in [7, 11) is -2.47. The van der Waals surface area contributed by atoms with Crippen molar-refractivity contribution in [1.29, 1.82) is 0 Å². The van der Waals surface area contributed by atoms with Crippen LogP contribution >= 0.6 is 11.6 Å². The highest BCUT2D eigenvalue weighted by atomic mass is 35.5. The van der Waals surface area contributed by atoms with E-state index in [2.05, 4.69) is 15.4 Å². The van der Waals surface area contributed by atoms with E-state index in [1.807, 2.05) is 0 Å². The molecule has 1 aliphatic rings. The predicted molar refractivity (Wildman–Crippen MR) is 135 cm³/mol. The number of nitrogens with zero attached hydrogens (tertiary/aromatic N) is 3. The molecule has 2 aromatic heterocycles. The molecule has 4 aromatic rings. The second kappa shape index (κ2) is 9.35. The van der Waals surface area contributed by atoms with Gasteiger partial charge in [0.1, 0.15) is 5.56 Å². The molecular weight excluding hydrogens is 561 g/mol. The Kier molecular flexibility index (Phi) is 6.38. The van der Waals surface area contributed by atoms with Crippen molar-refractivity contribution < 1.29 is 35.9 Å². The summed E-state index contributed by atoms with van der Waals surface area (Å²) in [6.07, 6.45) is -1.97. The number of aromatic nitrogens is 3. The first-order valence-corrected chi connectivity index (χ1v) is 13.5. The van der Waals surface area contributed by atoms with Crippen LogP contribution in [0.15, 0.2) is 60.9 Å². The van der Waals surface area contributed by atoms with Crippen LogP contribution in [0.1, 0.15) is 15.9 Å². The molecule has 1 aliphatic heterocycles. The van der Waals surface area contributed by atoms with Crippen LogP contribution in [0.25, 0.3) is 28.0 Å². The van der Waals surface area contributed by atoms with Gasteiger partial charge in [0, 0.05) is 27.9 Å². The number of sulfone groups is 1. The number of fused-ring (bicyclic) bond motifs is 1. The summed E-state index contributed by atoms with van der Waals surface area (Å²) < 4.78 is 69.2. The van der Waals surface area contributed by atoms with E-state index in [1.165, 1.54) is 29.0 Å². The van der Waals surface area contributed by atoms with Crippen molar-refractivity contribution in [2.45, 2.75) is 11.7 Å². The number of nitrogens with one attached hydrogen (secondary N) is 1. The maximum atomic E-state index is 13.2. The van der Waals surface area contributed by atoms with Gasteiger partial charge in [0.05, 0.1) is 36.1 Å². The highest BCUT2D eigenvalue weighted by Gasteiger charge is 2.56. The van der Waals surface area contributed by atoms with Crippen LogP contribution in [0.3, 0.4) is 0 Å². The minimum absolute atomic E-state index is 0.0143. The molecule has 1 amide bonds. The van der Waals surface area contributed by atoms with E-state index in [-0.39, 0.29) is 11.2 Å². The zero-order valence-corrected chi connectivity index (χ0v) is 21.6. The van der Waals surface area contributed by atoms with E-state index in [1.54, 1.807) is 24.3 Å². The number of methoxy groups -OCH3 is 1. The summed E-state index contributed by atoms with van der Waals surface area (Å²) in [5.41, 5.74) is -1.10. The smallest absolute Gasteiger partial charge is 0.416 e. The Labute approximate surface area is 224 Å². The molecule has 1 saturated heterocycles. The number of alkyl halides is 3. The van der Waals surface area contributed by atoms with Crippen molar-refractivity contribution in [3.63, 3.8) is 0 Å². The first kappa shape index (κ1) is 26.6. The van der Waals surface area contributed by atoms with E-state index in [0.717, 1.165) is 19.2 Å². The van der Waals surface area contributed by atoms with Crippen molar-refractivity contribution in [3.8, 4) is 22.4 Å². The summed E-state index contributed by atoms with van der Waals surface area (Å²) >= 11 is 6.41. The van der Waals surface area contributed by atoms with Gasteiger partial charge in [-0.05, 0) is 18.2 Å². The Morgan fingerprint density at radius 1 is 1.05 bits per heavy atom. The van der Waals surface area contributed by atoms with Gasteiger partial charge >= 0.3 is 12.1 Å². The summed E-state index contributed by atoms with van der Waals surface area (Å²) in [5, 5.41) is 7.05. The number of hydrogen-bond donors (Lipinski definition) is 1. The molecule has 9 nitrogen and oxygen atoms in total. The maximum Gasteiger partial charge on any atom is 0.416 e. The third-order valence-electron chi connectivity index (χ3n) is 6.28.